The van der Waals surface area contributed by atoms with Crippen LogP contribution in [0.3, 0.4) is 0 Å². The van der Waals surface area contributed by atoms with Crippen LogP contribution >= 0.6 is 0 Å². The molecule has 8 N–H and O–H groups in total. The summed E-state index contributed by atoms with van der Waals surface area (Å²) in [4.78, 5) is 13.4. The van der Waals surface area contributed by atoms with E-state index in [0.29, 0.717) is 65.0 Å². The molecular weight excluding hydrogens is 719 g/mol. The Morgan fingerprint density at radius 1 is 0.815 bits per heavy atom. The molecule has 0 saturated heterocycles. The Labute approximate surface area is 307 Å². The second-order valence-electron chi connectivity index (χ2n) is 11.8. The first kappa shape index (κ1) is 39.8. The monoisotopic (exact) mass is 760 g/mol. The van der Waals surface area contributed by atoms with Crippen molar-refractivity contribution in [3.8, 4) is 40.2 Å². The number of esters is 1. The average Bonchev–Trinajstić information content (AvgIpc) is 3.60. The van der Waals surface area contributed by atoms with E-state index in [1.165, 1.54) is 10.7 Å². The SMILES string of the molecule is NCCOCCOCCOCCOCCn1cc(COC2c3c(O)cc(O)cc3OC(c3cc(O)c(O)c(O)c3)C2OC(=O)c2ccc(O)c(F)c2)nn1. The van der Waals surface area contributed by atoms with Crippen LogP contribution in [-0.2, 0) is 41.6 Å². The molecule has 1 aromatic heterocycles. The highest BCUT2D eigenvalue weighted by molar-refractivity contribution is 5.89. The molecule has 1 aliphatic heterocycles. The normalized spacial score (nSPS) is 16.5. The largest absolute Gasteiger partial charge is 0.508 e. The van der Waals surface area contributed by atoms with E-state index in [9.17, 15) is 39.8 Å². The fourth-order valence-corrected chi connectivity index (χ4v) is 5.38. The molecule has 4 aromatic rings. The molecule has 3 aromatic carbocycles. The third-order valence-electron chi connectivity index (χ3n) is 7.93. The number of aromatic nitrogens is 3. The van der Waals surface area contributed by atoms with E-state index in [-0.39, 0.29) is 41.4 Å². The highest BCUT2D eigenvalue weighted by atomic mass is 19.1. The van der Waals surface area contributed by atoms with Crippen LogP contribution in [0.5, 0.6) is 40.2 Å². The Morgan fingerprint density at radius 2 is 1.46 bits per heavy atom. The van der Waals surface area contributed by atoms with Crippen molar-refractivity contribution >= 4 is 5.97 Å². The predicted molar refractivity (Wildman–Crippen MR) is 182 cm³/mol. The summed E-state index contributed by atoms with van der Waals surface area (Å²) < 4.78 is 55.5. The number of rotatable bonds is 20. The fourth-order valence-electron chi connectivity index (χ4n) is 5.38. The molecule has 0 saturated carbocycles. The Kier molecular flexibility index (Phi) is 14.0. The van der Waals surface area contributed by atoms with E-state index in [4.69, 9.17) is 38.9 Å². The smallest absolute Gasteiger partial charge is 0.338 e. The number of halogens is 1. The number of hydrogen-bond acceptors (Lipinski definition) is 17. The van der Waals surface area contributed by atoms with Crippen LogP contribution < -0.4 is 10.5 Å². The van der Waals surface area contributed by atoms with E-state index in [2.05, 4.69) is 10.3 Å². The standard InChI is InChI=1S/C35H41FN4O14/c36-24-13-20(1-2-25(24)42)35(47)54-34-32(21-14-27(44)31(46)28(45)15-21)53-29-17-23(41)16-26(43)30(29)33(34)52-19-22-18-40(39-38-22)4-6-49-8-10-51-12-11-50-9-7-48-5-3-37/h1-2,13-18,32-34,41-46H,3-12,19,37H2. The minimum Gasteiger partial charge on any atom is -0.508 e. The van der Waals surface area contributed by atoms with Crippen molar-refractivity contribution in [2.45, 2.75) is 31.5 Å². The summed E-state index contributed by atoms with van der Waals surface area (Å²) in [6, 6.07) is 7.10. The van der Waals surface area contributed by atoms with Crippen LogP contribution in [0.25, 0.3) is 0 Å². The van der Waals surface area contributed by atoms with Gasteiger partial charge >= 0.3 is 5.97 Å². The van der Waals surface area contributed by atoms with E-state index in [1.54, 1.807) is 6.20 Å². The van der Waals surface area contributed by atoms with Crippen molar-refractivity contribution in [3.05, 3.63) is 76.9 Å². The molecule has 0 radical (unpaired) electrons. The first-order valence-corrected chi connectivity index (χ1v) is 16.7. The molecule has 0 bridgehead atoms. The number of nitrogens with zero attached hydrogens (tertiary/aromatic N) is 3. The Hall–Kier alpha value is -5.44. The topological polar surface area (TPSA) is 260 Å². The number of phenols is 6. The zero-order chi connectivity index (χ0) is 38.6. The van der Waals surface area contributed by atoms with Gasteiger partial charge < -0.3 is 69.5 Å². The summed E-state index contributed by atoms with van der Waals surface area (Å²) in [6.45, 7) is 3.74. The first-order valence-electron chi connectivity index (χ1n) is 16.7. The fraction of sp³-hybridized carbons (Fsp3) is 0.400. The quantitative estimate of drug-likeness (QED) is 0.0387. The van der Waals surface area contributed by atoms with E-state index in [0.717, 1.165) is 36.4 Å². The van der Waals surface area contributed by atoms with Gasteiger partial charge in [0.25, 0.3) is 0 Å². The molecule has 0 spiro atoms. The molecule has 2 heterocycles. The maximum absolute atomic E-state index is 14.2. The van der Waals surface area contributed by atoms with Crippen molar-refractivity contribution in [1.29, 1.82) is 0 Å². The minimum atomic E-state index is -1.53. The molecule has 5 rings (SSSR count). The molecule has 18 nitrogen and oxygen atoms in total. The second-order valence-corrected chi connectivity index (χ2v) is 11.8. The van der Waals surface area contributed by atoms with Crippen molar-refractivity contribution in [2.75, 3.05) is 59.4 Å². The minimum absolute atomic E-state index is 0.0200. The number of benzene rings is 3. The molecular formula is C35H41FN4O14. The molecule has 0 aliphatic carbocycles. The molecule has 54 heavy (non-hydrogen) atoms. The summed E-state index contributed by atoms with van der Waals surface area (Å²) in [7, 11) is 0. The highest BCUT2D eigenvalue weighted by Crippen LogP contribution is 2.51. The maximum atomic E-state index is 14.2. The van der Waals surface area contributed by atoms with Crippen molar-refractivity contribution < 1.29 is 73.0 Å². The Balaban J connectivity index is 1.26. The van der Waals surface area contributed by atoms with Crippen LogP contribution in [0.1, 0.15) is 39.4 Å². The van der Waals surface area contributed by atoms with Crippen molar-refractivity contribution in [1.82, 2.24) is 15.0 Å². The molecule has 3 atom stereocenters. The molecule has 0 fully saturated rings. The lowest BCUT2D eigenvalue weighted by Gasteiger charge is -2.39. The lowest BCUT2D eigenvalue weighted by molar-refractivity contribution is -0.116. The third kappa shape index (κ3) is 10.4. The van der Waals surface area contributed by atoms with Crippen LogP contribution in [0.2, 0.25) is 0 Å². The predicted octanol–water partition coefficient (Wildman–Crippen LogP) is 2.29. The maximum Gasteiger partial charge on any atom is 0.338 e. The van der Waals surface area contributed by atoms with Crippen LogP contribution in [0.4, 0.5) is 4.39 Å². The number of carbonyl (C=O) groups is 1. The van der Waals surface area contributed by atoms with Crippen LogP contribution in [0.15, 0.2) is 48.7 Å². The number of carbonyl (C=O) groups excluding carboxylic acids is 1. The average molecular weight is 761 g/mol. The molecule has 3 unspecified atom stereocenters. The van der Waals surface area contributed by atoms with E-state index >= 15 is 0 Å². The zero-order valence-corrected chi connectivity index (χ0v) is 28.9. The van der Waals surface area contributed by atoms with Gasteiger partial charge in [-0.1, -0.05) is 5.21 Å². The number of nitrogens with two attached hydrogens (primary N) is 1. The van der Waals surface area contributed by atoms with Gasteiger partial charge in [0.2, 0.25) is 0 Å². The number of phenolic OH excluding ortho intramolecular Hbond substituents is 6. The van der Waals surface area contributed by atoms with Gasteiger partial charge in [-0.15, -0.1) is 5.10 Å². The second kappa shape index (κ2) is 19.1. The Bertz CT molecular complexity index is 1840. The van der Waals surface area contributed by atoms with Gasteiger partial charge in [-0.25, -0.2) is 13.9 Å². The summed E-state index contributed by atoms with van der Waals surface area (Å²) in [5.41, 5.74) is 5.30. The Morgan fingerprint density at radius 3 is 2.11 bits per heavy atom. The molecule has 292 valence electrons. The van der Waals surface area contributed by atoms with Gasteiger partial charge in [0.1, 0.15) is 29.0 Å². The van der Waals surface area contributed by atoms with Crippen LogP contribution in [-0.4, -0.2) is 117 Å². The van der Waals surface area contributed by atoms with Crippen molar-refractivity contribution in [2.24, 2.45) is 5.73 Å². The van der Waals surface area contributed by atoms with Gasteiger partial charge in [0.05, 0.1) is 83.3 Å². The lowest BCUT2D eigenvalue weighted by Crippen LogP contribution is -2.39. The van der Waals surface area contributed by atoms with Gasteiger partial charge in [-0.05, 0) is 30.3 Å². The summed E-state index contributed by atoms with van der Waals surface area (Å²) in [5.74, 6) is -6.17. The van der Waals surface area contributed by atoms with E-state index < -0.39 is 58.8 Å². The highest BCUT2D eigenvalue weighted by Gasteiger charge is 2.45. The zero-order valence-electron chi connectivity index (χ0n) is 28.9. The lowest BCUT2D eigenvalue weighted by atomic mass is 9.90. The van der Waals surface area contributed by atoms with Crippen molar-refractivity contribution in [3.63, 3.8) is 0 Å². The molecule has 19 heteroatoms. The van der Waals surface area contributed by atoms with Gasteiger partial charge in [-0.2, -0.15) is 0 Å². The summed E-state index contributed by atoms with van der Waals surface area (Å²) >= 11 is 0. The number of aromatic hydroxyl groups is 6. The number of fused-ring (bicyclic) bond motifs is 1. The summed E-state index contributed by atoms with van der Waals surface area (Å²) in [6.07, 6.45) is -2.75. The number of hydrogen-bond donors (Lipinski definition) is 7. The summed E-state index contributed by atoms with van der Waals surface area (Å²) in [5, 5.41) is 69.6. The van der Waals surface area contributed by atoms with E-state index in [1.807, 2.05) is 0 Å². The molecule has 0 amide bonds. The third-order valence-corrected chi connectivity index (χ3v) is 7.93. The van der Waals surface area contributed by atoms with Gasteiger partial charge in [-0.3, -0.25) is 0 Å². The number of ether oxygens (including phenoxy) is 7. The molecule has 1 aliphatic rings. The first-order chi connectivity index (χ1) is 26.0. The van der Waals surface area contributed by atoms with Crippen LogP contribution in [0, 0.1) is 5.82 Å². The van der Waals surface area contributed by atoms with Gasteiger partial charge in [0, 0.05) is 24.2 Å². The van der Waals surface area contributed by atoms with Gasteiger partial charge in [0.15, 0.2) is 41.0 Å².